The van der Waals surface area contributed by atoms with Crippen molar-refractivity contribution in [3.63, 3.8) is 0 Å². The van der Waals surface area contributed by atoms with Gasteiger partial charge < -0.3 is 9.30 Å². The average molecular weight is 593 g/mol. The molecule has 0 fully saturated rings. The fourth-order valence-electron chi connectivity index (χ4n) is 3.73. The summed E-state index contributed by atoms with van der Waals surface area (Å²) in [7, 11) is -4.04. The molecule has 1 aliphatic rings. The van der Waals surface area contributed by atoms with Crippen molar-refractivity contribution in [2.24, 2.45) is 5.10 Å². The fraction of sp³-hybridized carbons (Fsp3) is 0.304. The molecule has 36 heavy (non-hydrogen) atoms. The molecule has 0 radical (unpaired) electrons. The molecule has 0 saturated carbocycles. The number of nitrogens with one attached hydrogen (secondary N) is 2. The minimum Gasteiger partial charge on any atom is -0.493 e. The third kappa shape index (κ3) is 5.80. The number of ether oxygens (including phenoxy) is 1. The summed E-state index contributed by atoms with van der Waals surface area (Å²) < 4.78 is 36.7. The van der Waals surface area contributed by atoms with Crippen LogP contribution >= 0.6 is 27.5 Å². The highest BCUT2D eigenvalue weighted by molar-refractivity contribution is 9.10. The summed E-state index contributed by atoms with van der Waals surface area (Å²) in [5.41, 5.74) is 3.46. The van der Waals surface area contributed by atoms with Crippen LogP contribution in [0.4, 0.5) is 11.4 Å². The molecular weight excluding hydrogens is 570 g/mol. The third-order valence-corrected chi connectivity index (χ3v) is 7.91. The first-order chi connectivity index (χ1) is 17.3. The van der Waals surface area contributed by atoms with E-state index in [4.69, 9.17) is 16.3 Å². The van der Waals surface area contributed by atoms with Crippen molar-refractivity contribution in [1.29, 1.82) is 5.26 Å². The maximum Gasteiger partial charge on any atom is 0.263 e. The first kappa shape index (κ1) is 25.9. The number of nitriles is 1. The number of hydrogen-bond donors (Lipinski definition) is 2. The SMILES string of the molecule is CCOc1ccc(NS(=O)(=O)c2cc(NN=C(C#N)c3nnc4n3CCCCC4)ccc2Cl)cc1Br. The van der Waals surface area contributed by atoms with Gasteiger partial charge in [0, 0.05) is 13.0 Å². The van der Waals surface area contributed by atoms with E-state index < -0.39 is 10.0 Å². The van der Waals surface area contributed by atoms with Crippen LogP contribution in [0.3, 0.4) is 0 Å². The van der Waals surface area contributed by atoms with E-state index in [1.807, 2.05) is 17.6 Å². The molecule has 13 heteroatoms. The van der Waals surface area contributed by atoms with Gasteiger partial charge in [-0.1, -0.05) is 18.0 Å². The van der Waals surface area contributed by atoms with Crippen molar-refractivity contribution in [3.8, 4) is 11.8 Å². The van der Waals surface area contributed by atoms with Gasteiger partial charge in [-0.2, -0.15) is 10.4 Å². The van der Waals surface area contributed by atoms with E-state index in [1.54, 1.807) is 24.3 Å². The lowest BCUT2D eigenvalue weighted by molar-refractivity contribution is 0.338. The highest BCUT2D eigenvalue weighted by atomic mass is 79.9. The van der Waals surface area contributed by atoms with Crippen molar-refractivity contribution in [1.82, 2.24) is 14.8 Å². The lowest BCUT2D eigenvalue weighted by Crippen LogP contribution is -2.14. The molecule has 2 N–H and O–H groups in total. The summed E-state index contributed by atoms with van der Waals surface area (Å²) in [6.45, 7) is 3.06. The van der Waals surface area contributed by atoms with Gasteiger partial charge in [-0.15, -0.1) is 10.2 Å². The summed E-state index contributed by atoms with van der Waals surface area (Å²) in [6.07, 6.45) is 3.89. The Bertz CT molecular complexity index is 1450. The minimum absolute atomic E-state index is 0.0327. The summed E-state index contributed by atoms with van der Waals surface area (Å²) in [6, 6.07) is 11.3. The molecule has 2 heterocycles. The number of halogens is 2. The molecule has 0 unspecified atom stereocenters. The van der Waals surface area contributed by atoms with Crippen LogP contribution in [0.2, 0.25) is 5.02 Å². The van der Waals surface area contributed by atoms with Crippen LogP contribution in [0.25, 0.3) is 0 Å². The second-order valence-corrected chi connectivity index (χ2v) is 10.8. The summed E-state index contributed by atoms with van der Waals surface area (Å²) in [5, 5.41) is 22.2. The molecule has 0 amide bonds. The largest absolute Gasteiger partial charge is 0.493 e. The summed E-state index contributed by atoms with van der Waals surface area (Å²) in [5.74, 6) is 1.81. The van der Waals surface area contributed by atoms with Gasteiger partial charge in [-0.25, -0.2) is 8.42 Å². The van der Waals surface area contributed by atoms with Crippen molar-refractivity contribution < 1.29 is 13.2 Å². The first-order valence-corrected chi connectivity index (χ1v) is 13.9. The predicted molar refractivity (Wildman–Crippen MR) is 141 cm³/mol. The van der Waals surface area contributed by atoms with Crippen LogP contribution in [-0.2, 0) is 23.0 Å². The Morgan fingerprint density at radius 2 is 2.03 bits per heavy atom. The Labute approximate surface area is 222 Å². The Hall–Kier alpha value is -3.14. The highest BCUT2D eigenvalue weighted by Gasteiger charge is 2.21. The van der Waals surface area contributed by atoms with Crippen molar-refractivity contribution in [2.75, 3.05) is 16.8 Å². The molecule has 1 aromatic heterocycles. The normalized spacial score (nSPS) is 13.9. The molecule has 1 aliphatic heterocycles. The highest BCUT2D eigenvalue weighted by Crippen LogP contribution is 2.31. The van der Waals surface area contributed by atoms with Crippen LogP contribution in [0.5, 0.6) is 5.75 Å². The monoisotopic (exact) mass is 591 g/mol. The number of aromatic nitrogens is 3. The number of anilines is 2. The maximum absolute atomic E-state index is 13.1. The van der Waals surface area contributed by atoms with Crippen molar-refractivity contribution in [3.05, 3.63) is 57.5 Å². The number of rotatable bonds is 8. The quantitative estimate of drug-likeness (QED) is 0.279. The van der Waals surface area contributed by atoms with Crippen molar-refractivity contribution in [2.45, 2.75) is 44.0 Å². The number of nitrogens with zero attached hydrogens (tertiary/aromatic N) is 5. The number of sulfonamides is 1. The number of hydrazone groups is 1. The van der Waals surface area contributed by atoms with E-state index in [0.29, 0.717) is 34.0 Å². The molecule has 0 atom stereocenters. The Balaban J connectivity index is 1.57. The number of fused-ring (bicyclic) bond motifs is 1. The first-order valence-electron chi connectivity index (χ1n) is 11.2. The average Bonchev–Trinajstić information content (AvgIpc) is 3.09. The van der Waals surface area contributed by atoms with Crippen LogP contribution in [-0.4, -0.2) is 35.5 Å². The van der Waals surface area contributed by atoms with Gasteiger partial charge in [0.05, 0.1) is 27.5 Å². The molecule has 0 spiro atoms. The van der Waals surface area contributed by atoms with E-state index in [1.165, 1.54) is 12.1 Å². The van der Waals surface area contributed by atoms with Crippen LogP contribution < -0.4 is 14.9 Å². The van der Waals surface area contributed by atoms with Crippen LogP contribution in [0, 0.1) is 11.3 Å². The van der Waals surface area contributed by atoms with Gasteiger partial charge in [0.2, 0.25) is 5.71 Å². The van der Waals surface area contributed by atoms with E-state index in [0.717, 1.165) is 38.1 Å². The lowest BCUT2D eigenvalue weighted by atomic mass is 10.2. The molecule has 4 rings (SSSR count). The summed E-state index contributed by atoms with van der Waals surface area (Å²) >= 11 is 9.60. The molecule has 0 saturated heterocycles. The number of hydrogen-bond acceptors (Lipinski definition) is 8. The molecular formula is C23H23BrClN7O3S. The van der Waals surface area contributed by atoms with Gasteiger partial charge >= 0.3 is 0 Å². The smallest absolute Gasteiger partial charge is 0.263 e. The maximum atomic E-state index is 13.1. The Kier molecular flexibility index (Phi) is 8.13. The molecule has 10 nitrogen and oxygen atoms in total. The second-order valence-electron chi connectivity index (χ2n) is 7.92. The van der Waals surface area contributed by atoms with Gasteiger partial charge in [0.25, 0.3) is 10.0 Å². The second kappa shape index (κ2) is 11.3. The fourth-order valence-corrected chi connectivity index (χ4v) is 5.80. The standard InChI is InChI=1S/C23H23BrClN7O3S/c1-2-35-20-10-8-16(12-17(20)24)31-36(33,34)21-13-15(7-9-18(21)25)27-28-19(14-26)23-30-29-22-6-4-3-5-11-32(22)23/h7-10,12-13,27,31H,2-6,11H2,1H3. The van der Waals surface area contributed by atoms with Gasteiger partial charge in [0.1, 0.15) is 22.5 Å². The van der Waals surface area contributed by atoms with Gasteiger partial charge in [-0.05, 0) is 72.1 Å². The molecule has 2 aromatic carbocycles. The number of benzene rings is 2. The predicted octanol–water partition coefficient (Wildman–Crippen LogP) is 4.96. The third-order valence-electron chi connectivity index (χ3n) is 5.43. The molecule has 0 aliphatic carbocycles. The zero-order valence-electron chi connectivity index (χ0n) is 19.3. The van der Waals surface area contributed by atoms with E-state index >= 15 is 0 Å². The van der Waals surface area contributed by atoms with E-state index in [9.17, 15) is 13.7 Å². The topological polar surface area (TPSA) is 134 Å². The molecule has 3 aromatic rings. The Morgan fingerprint density at radius 3 is 2.78 bits per heavy atom. The van der Waals surface area contributed by atoms with Crippen LogP contribution in [0.15, 0.2) is 50.9 Å². The van der Waals surface area contributed by atoms with E-state index in [-0.39, 0.29) is 15.6 Å². The Morgan fingerprint density at radius 1 is 1.22 bits per heavy atom. The minimum atomic E-state index is -4.04. The van der Waals surface area contributed by atoms with Crippen molar-refractivity contribution >= 4 is 54.6 Å². The van der Waals surface area contributed by atoms with Crippen LogP contribution in [0.1, 0.15) is 37.8 Å². The number of aryl methyl sites for hydroxylation is 1. The zero-order chi connectivity index (χ0) is 25.7. The van der Waals surface area contributed by atoms with Gasteiger partial charge in [0.15, 0.2) is 5.82 Å². The lowest BCUT2D eigenvalue weighted by Gasteiger charge is -2.13. The summed E-state index contributed by atoms with van der Waals surface area (Å²) in [4.78, 5) is -0.149. The van der Waals surface area contributed by atoms with E-state index in [2.05, 4.69) is 41.4 Å². The molecule has 0 bridgehead atoms. The molecule has 188 valence electrons. The zero-order valence-corrected chi connectivity index (χ0v) is 22.5. The van der Waals surface area contributed by atoms with Gasteiger partial charge in [-0.3, -0.25) is 10.1 Å².